The molecule has 0 saturated carbocycles. The van der Waals surface area contributed by atoms with Gasteiger partial charge >= 0.3 is 0 Å². The minimum absolute atomic E-state index is 0.117. The maximum Gasteiger partial charge on any atom is 0.227 e. The molecule has 7 nitrogen and oxygen atoms in total. The van der Waals surface area contributed by atoms with Gasteiger partial charge in [0.05, 0.1) is 11.8 Å². The zero-order chi connectivity index (χ0) is 20.6. The highest BCUT2D eigenvalue weighted by Gasteiger charge is 2.10. The number of ether oxygens (including phenoxy) is 2. The highest BCUT2D eigenvalue weighted by molar-refractivity contribution is 5.45. The number of nitrogens with one attached hydrogen (secondary N) is 1. The van der Waals surface area contributed by atoms with Gasteiger partial charge in [-0.15, -0.1) is 0 Å². The maximum atomic E-state index is 5.90. The first-order valence-electron chi connectivity index (χ1n) is 9.59. The quantitative estimate of drug-likeness (QED) is 0.591. The van der Waals surface area contributed by atoms with E-state index in [1.165, 1.54) is 0 Å². The van der Waals surface area contributed by atoms with Crippen molar-refractivity contribution < 1.29 is 9.47 Å². The Labute approximate surface area is 171 Å². The summed E-state index contributed by atoms with van der Waals surface area (Å²) in [5.74, 6) is 2.77. The molecule has 3 aromatic rings. The van der Waals surface area contributed by atoms with E-state index in [2.05, 4.69) is 20.3 Å². The summed E-state index contributed by atoms with van der Waals surface area (Å²) in [4.78, 5) is 15.2. The van der Waals surface area contributed by atoms with Crippen LogP contribution in [-0.4, -0.2) is 35.2 Å². The highest BCUT2D eigenvalue weighted by atomic mass is 16.5. The van der Waals surface area contributed by atoms with E-state index in [0.717, 1.165) is 22.8 Å². The molecule has 3 rings (SSSR count). The van der Waals surface area contributed by atoms with Crippen molar-refractivity contribution in [1.82, 2.24) is 15.0 Å². The molecule has 0 aliphatic rings. The second kappa shape index (κ2) is 9.73. The average Bonchev–Trinajstić information content (AvgIpc) is 2.72. The van der Waals surface area contributed by atoms with Gasteiger partial charge < -0.3 is 19.7 Å². The van der Waals surface area contributed by atoms with E-state index < -0.39 is 0 Å². The zero-order valence-electron chi connectivity index (χ0n) is 17.3. The molecular weight excluding hydrogens is 366 g/mol. The Morgan fingerprint density at radius 2 is 1.83 bits per heavy atom. The highest BCUT2D eigenvalue weighted by Crippen LogP contribution is 2.21. The number of benzene rings is 1. The van der Waals surface area contributed by atoms with Gasteiger partial charge in [0.25, 0.3) is 0 Å². The molecule has 0 bridgehead atoms. The van der Waals surface area contributed by atoms with Crippen molar-refractivity contribution >= 4 is 11.8 Å². The summed E-state index contributed by atoms with van der Waals surface area (Å²) in [5.41, 5.74) is 1.83. The lowest BCUT2D eigenvalue weighted by Crippen LogP contribution is -2.16. The molecule has 1 N–H and O–H groups in total. The fraction of sp³-hybridized carbons (Fsp3) is 0.318. The molecular formula is C22H27N5O2. The summed E-state index contributed by atoms with van der Waals surface area (Å²) in [6.07, 6.45) is 1.82. The van der Waals surface area contributed by atoms with Crippen molar-refractivity contribution in [2.45, 2.75) is 33.1 Å². The summed E-state index contributed by atoms with van der Waals surface area (Å²) in [6, 6.07) is 15.4. The van der Waals surface area contributed by atoms with Crippen LogP contribution in [0.3, 0.4) is 0 Å². The van der Waals surface area contributed by atoms with Crippen LogP contribution in [0.2, 0.25) is 0 Å². The fourth-order valence-corrected chi connectivity index (χ4v) is 2.63. The van der Waals surface area contributed by atoms with Crippen LogP contribution in [-0.2, 0) is 13.2 Å². The van der Waals surface area contributed by atoms with Crippen LogP contribution in [0.15, 0.2) is 54.7 Å². The summed E-state index contributed by atoms with van der Waals surface area (Å²) < 4.78 is 11.6. The predicted molar refractivity (Wildman–Crippen MR) is 114 cm³/mol. The van der Waals surface area contributed by atoms with Gasteiger partial charge in [-0.25, -0.2) is 9.97 Å². The molecule has 0 amide bonds. The minimum atomic E-state index is 0.117. The van der Waals surface area contributed by atoms with Crippen LogP contribution >= 0.6 is 0 Å². The van der Waals surface area contributed by atoms with Gasteiger partial charge in [-0.1, -0.05) is 24.3 Å². The zero-order valence-corrected chi connectivity index (χ0v) is 17.3. The van der Waals surface area contributed by atoms with E-state index in [9.17, 15) is 0 Å². The van der Waals surface area contributed by atoms with Crippen molar-refractivity contribution in [1.29, 1.82) is 0 Å². The Morgan fingerprint density at radius 3 is 2.55 bits per heavy atom. The number of nitrogens with zero attached hydrogens (tertiary/aromatic N) is 4. The molecule has 0 atom stereocenters. The van der Waals surface area contributed by atoms with Crippen molar-refractivity contribution in [3.63, 3.8) is 0 Å². The van der Waals surface area contributed by atoms with Crippen LogP contribution in [0.4, 0.5) is 11.8 Å². The largest absolute Gasteiger partial charge is 0.491 e. The summed E-state index contributed by atoms with van der Waals surface area (Å²) >= 11 is 0. The molecule has 0 unspecified atom stereocenters. The number of pyridine rings is 1. The number of para-hydroxylation sites is 1. The van der Waals surface area contributed by atoms with Crippen LogP contribution < -0.4 is 19.7 Å². The molecule has 0 radical (unpaired) electrons. The number of aromatic nitrogens is 3. The molecule has 0 aliphatic heterocycles. The predicted octanol–water partition coefficient (Wildman–Crippen LogP) is 3.92. The Morgan fingerprint density at radius 1 is 1.03 bits per heavy atom. The van der Waals surface area contributed by atoms with Crippen LogP contribution in [0.25, 0.3) is 0 Å². The van der Waals surface area contributed by atoms with Gasteiger partial charge in [0.2, 0.25) is 11.8 Å². The second-order valence-electron chi connectivity index (χ2n) is 7.02. The van der Waals surface area contributed by atoms with E-state index in [-0.39, 0.29) is 6.10 Å². The lowest BCUT2D eigenvalue weighted by molar-refractivity contribution is 0.240. The molecule has 7 heteroatoms. The molecule has 2 heterocycles. The lowest BCUT2D eigenvalue weighted by atomic mass is 10.2. The number of hydrogen-bond acceptors (Lipinski definition) is 7. The van der Waals surface area contributed by atoms with Gasteiger partial charge in [-0.2, -0.15) is 4.98 Å². The molecule has 2 aromatic heterocycles. The van der Waals surface area contributed by atoms with Gasteiger partial charge in [-0.05, 0) is 26.0 Å². The summed E-state index contributed by atoms with van der Waals surface area (Å²) in [5, 5.41) is 3.38. The van der Waals surface area contributed by atoms with Crippen LogP contribution in [0, 0.1) is 0 Å². The molecule has 1 aromatic carbocycles. The first-order valence-corrected chi connectivity index (χ1v) is 9.59. The van der Waals surface area contributed by atoms with Crippen LogP contribution in [0.1, 0.15) is 25.1 Å². The normalized spacial score (nSPS) is 10.7. The van der Waals surface area contributed by atoms with E-state index in [1.54, 1.807) is 6.20 Å². The standard InChI is InChI=1S/C22H27N5O2/c1-16(2)29-19-10-6-5-9-17(19)14-24-20-13-18(25-22(26-20)27(3)4)15-28-21-11-7-8-12-23-21/h5-13,16H,14-15H2,1-4H3,(H,24,25,26). The summed E-state index contributed by atoms with van der Waals surface area (Å²) in [7, 11) is 3.82. The Kier molecular flexibility index (Phi) is 6.84. The van der Waals surface area contributed by atoms with Crippen molar-refractivity contribution in [2.75, 3.05) is 24.3 Å². The summed E-state index contributed by atoms with van der Waals surface area (Å²) in [6.45, 7) is 4.94. The maximum absolute atomic E-state index is 5.90. The molecule has 152 valence electrons. The first-order chi connectivity index (χ1) is 14.0. The topological polar surface area (TPSA) is 72.4 Å². The van der Waals surface area contributed by atoms with Gasteiger partial charge in [0.1, 0.15) is 18.2 Å². The first kappa shape index (κ1) is 20.4. The minimum Gasteiger partial charge on any atom is -0.491 e. The van der Waals surface area contributed by atoms with Gasteiger partial charge in [0, 0.05) is 44.5 Å². The molecule has 0 spiro atoms. The van der Waals surface area contributed by atoms with E-state index >= 15 is 0 Å². The van der Waals surface area contributed by atoms with E-state index in [1.807, 2.05) is 81.4 Å². The number of rotatable bonds is 9. The molecule has 0 saturated heterocycles. The Bertz CT molecular complexity index is 916. The van der Waals surface area contributed by atoms with Crippen molar-refractivity contribution in [2.24, 2.45) is 0 Å². The van der Waals surface area contributed by atoms with E-state index in [0.29, 0.717) is 25.0 Å². The average molecular weight is 393 g/mol. The van der Waals surface area contributed by atoms with Crippen molar-refractivity contribution in [3.8, 4) is 11.6 Å². The van der Waals surface area contributed by atoms with Crippen molar-refractivity contribution in [3.05, 3.63) is 66.0 Å². The second-order valence-corrected chi connectivity index (χ2v) is 7.02. The Balaban J connectivity index is 1.74. The third-order valence-electron chi connectivity index (χ3n) is 3.97. The Hall–Kier alpha value is -3.35. The monoisotopic (exact) mass is 393 g/mol. The van der Waals surface area contributed by atoms with E-state index in [4.69, 9.17) is 9.47 Å². The lowest BCUT2D eigenvalue weighted by Gasteiger charge is -2.17. The molecule has 29 heavy (non-hydrogen) atoms. The fourth-order valence-electron chi connectivity index (χ4n) is 2.63. The SMILES string of the molecule is CC(C)Oc1ccccc1CNc1cc(COc2ccccn2)nc(N(C)C)n1. The van der Waals surface area contributed by atoms with Gasteiger partial charge in [-0.3, -0.25) is 0 Å². The third-order valence-corrected chi connectivity index (χ3v) is 3.97. The van der Waals surface area contributed by atoms with Crippen LogP contribution in [0.5, 0.6) is 11.6 Å². The number of anilines is 2. The third kappa shape index (κ3) is 6.07. The smallest absolute Gasteiger partial charge is 0.227 e. The van der Waals surface area contributed by atoms with Gasteiger partial charge in [0.15, 0.2) is 0 Å². The number of hydrogen-bond donors (Lipinski definition) is 1. The molecule has 0 fully saturated rings. The molecule has 0 aliphatic carbocycles.